The molecule has 52 heavy (non-hydrogen) atoms. The summed E-state index contributed by atoms with van der Waals surface area (Å²) >= 11 is 0. The van der Waals surface area contributed by atoms with Gasteiger partial charge in [-0.25, -0.2) is 0 Å². The summed E-state index contributed by atoms with van der Waals surface area (Å²) in [5.41, 5.74) is 12.6. The molecule has 10 rings (SSSR count). The van der Waals surface area contributed by atoms with Crippen LogP contribution in [0.4, 0.5) is 17.1 Å². The highest BCUT2D eigenvalue weighted by Gasteiger charge is 2.23. The monoisotopic (exact) mass is 663 g/mol. The van der Waals surface area contributed by atoms with Crippen molar-refractivity contribution >= 4 is 38.6 Å². The molecule has 0 atom stereocenters. The van der Waals surface area contributed by atoms with E-state index in [0.29, 0.717) is 0 Å². The highest BCUT2D eigenvalue weighted by Crippen LogP contribution is 2.49. The van der Waals surface area contributed by atoms with Gasteiger partial charge in [0.1, 0.15) is 11.5 Å². The van der Waals surface area contributed by atoms with Gasteiger partial charge in [-0.2, -0.15) is 0 Å². The Morgan fingerprint density at radius 3 is 1.83 bits per heavy atom. The third-order valence-corrected chi connectivity index (χ3v) is 10.2. The van der Waals surface area contributed by atoms with E-state index in [2.05, 4.69) is 205 Å². The summed E-state index contributed by atoms with van der Waals surface area (Å²) < 4.78 is 6.48. The van der Waals surface area contributed by atoms with E-state index >= 15 is 0 Å². The van der Waals surface area contributed by atoms with Crippen molar-refractivity contribution in [2.45, 2.75) is 0 Å². The van der Waals surface area contributed by atoms with Crippen LogP contribution in [-0.4, -0.2) is 0 Å². The zero-order valence-corrected chi connectivity index (χ0v) is 28.4. The Morgan fingerprint density at radius 1 is 0.327 bits per heavy atom. The molecule has 1 aliphatic rings. The smallest absolute Gasteiger partial charge is 0.135 e. The first-order chi connectivity index (χ1) is 25.8. The Morgan fingerprint density at radius 2 is 0.942 bits per heavy atom. The van der Waals surface area contributed by atoms with Crippen LogP contribution in [0, 0.1) is 0 Å². The van der Waals surface area contributed by atoms with Gasteiger partial charge < -0.3 is 9.64 Å². The van der Waals surface area contributed by atoms with Crippen LogP contribution >= 0.6 is 0 Å². The molecule has 0 unspecified atom stereocenters. The third kappa shape index (κ3) is 5.12. The van der Waals surface area contributed by atoms with Crippen molar-refractivity contribution in [3.63, 3.8) is 0 Å². The van der Waals surface area contributed by atoms with Gasteiger partial charge in [0.25, 0.3) is 0 Å². The minimum Gasteiger partial charge on any atom is -0.456 e. The number of rotatable bonds is 6. The Kier molecular flexibility index (Phi) is 7.18. The predicted octanol–water partition coefficient (Wildman–Crippen LogP) is 14.2. The van der Waals surface area contributed by atoms with Crippen LogP contribution in [0.1, 0.15) is 0 Å². The molecule has 0 saturated heterocycles. The largest absolute Gasteiger partial charge is 0.456 e. The zero-order valence-electron chi connectivity index (χ0n) is 28.4. The summed E-state index contributed by atoms with van der Waals surface area (Å²) in [6.07, 6.45) is 0. The van der Waals surface area contributed by atoms with Gasteiger partial charge in [-0.15, -0.1) is 0 Å². The van der Waals surface area contributed by atoms with Gasteiger partial charge in [0, 0.05) is 27.9 Å². The number of benzene rings is 9. The Bertz CT molecular complexity index is 2760. The second-order valence-corrected chi connectivity index (χ2v) is 13.3. The fraction of sp³-hybridized carbons (Fsp3) is 0. The fourth-order valence-electron chi connectivity index (χ4n) is 7.79. The fourth-order valence-corrected chi connectivity index (χ4v) is 7.79. The predicted molar refractivity (Wildman–Crippen MR) is 218 cm³/mol. The lowest BCUT2D eigenvalue weighted by Gasteiger charge is -2.29. The van der Waals surface area contributed by atoms with Crippen LogP contribution in [0.5, 0.6) is 11.5 Å². The number of hydrogen-bond acceptors (Lipinski definition) is 2. The molecule has 1 heterocycles. The van der Waals surface area contributed by atoms with Crippen molar-refractivity contribution in [2.24, 2.45) is 0 Å². The molecule has 0 spiro atoms. The summed E-state index contributed by atoms with van der Waals surface area (Å²) in [7, 11) is 0. The molecule has 0 amide bonds. The maximum atomic E-state index is 6.48. The lowest BCUT2D eigenvalue weighted by molar-refractivity contribution is 0.487. The van der Waals surface area contributed by atoms with E-state index in [1.165, 1.54) is 44.0 Å². The first kappa shape index (κ1) is 30.0. The molecule has 1 aliphatic heterocycles. The minimum atomic E-state index is 0.878. The Labute approximate surface area is 303 Å². The zero-order chi connectivity index (χ0) is 34.4. The average Bonchev–Trinajstić information content (AvgIpc) is 3.22. The molecule has 0 radical (unpaired) electrons. The molecular weight excluding hydrogens is 631 g/mol. The molecule has 0 saturated carbocycles. The molecule has 0 aromatic heterocycles. The lowest BCUT2D eigenvalue weighted by atomic mass is 9.91. The summed E-state index contributed by atoms with van der Waals surface area (Å²) in [6.45, 7) is 0. The second-order valence-electron chi connectivity index (χ2n) is 13.3. The van der Waals surface area contributed by atoms with Crippen molar-refractivity contribution < 1.29 is 4.74 Å². The number of hydrogen-bond donors (Lipinski definition) is 0. The van der Waals surface area contributed by atoms with Gasteiger partial charge in [0.2, 0.25) is 0 Å². The van der Waals surface area contributed by atoms with E-state index in [1.54, 1.807) is 0 Å². The summed E-state index contributed by atoms with van der Waals surface area (Å²) in [4.78, 5) is 2.39. The Hall–Kier alpha value is -6.90. The van der Waals surface area contributed by atoms with Gasteiger partial charge in [0.15, 0.2) is 0 Å². The molecule has 2 heteroatoms. The number of fused-ring (bicyclic) bond motifs is 3. The molecule has 244 valence electrons. The number of nitrogens with zero attached hydrogens (tertiary/aromatic N) is 1. The summed E-state index contributed by atoms with van der Waals surface area (Å²) in [5, 5.41) is 4.82. The average molecular weight is 664 g/mol. The van der Waals surface area contributed by atoms with Gasteiger partial charge in [-0.05, 0) is 98.1 Å². The van der Waals surface area contributed by atoms with Crippen LogP contribution in [0.2, 0.25) is 0 Å². The van der Waals surface area contributed by atoms with Crippen LogP contribution in [-0.2, 0) is 0 Å². The molecule has 2 nitrogen and oxygen atoms in total. The van der Waals surface area contributed by atoms with E-state index in [0.717, 1.165) is 50.6 Å². The molecule has 0 aliphatic carbocycles. The van der Waals surface area contributed by atoms with Gasteiger partial charge in [-0.1, -0.05) is 152 Å². The summed E-state index contributed by atoms with van der Waals surface area (Å²) in [6, 6.07) is 71.7. The van der Waals surface area contributed by atoms with Gasteiger partial charge >= 0.3 is 0 Å². The maximum Gasteiger partial charge on any atom is 0.135 e. The topological polar surface area (TPSA) is 12.5 Å². The highest BCUT2D eigenvalue weighted by atomic mass is 16.5. The van der Waals surface area contributed by atoms with E-state index in [9.17, 15) is 0 Å². The molecule has 9 aromatic carbocycles. The van der Waals surface area contributed by atoms with E-state index < -0.39 is 0 Å². The molecule has 0 N–H and O–H groups in total. The SMILES string of the molecule is c1ccc(-c2ccc(N(c3cccc(-c4cccc5ccccc45)c3)c3ccccc3-c3ccc4c(c3)-c3cccc5cccc(c35)O4)cc2)cc1. The standard InChI is InChI=1S/C50H33NO/c1-2-12-34(13-3-1)35-26-29-40(30-27-35)51(41-19-8-18-38(32-41)43-22-9-15-36-14-4-5-20-42(36)43)47-24-7-6-21-44(47)39-28-31-48-46(33-39)45-23-10-16-37-17-11-25-49(52-48)50(37)45/h1-33H. The first-order valence-electron chi connectivity index (χ1n) is 17.8. The number of ether oxygens (including phenoxy) is 1. The Balaban J connectivity index is 1.15. The van der Waals surface area contributed by atoms with Crippen molar-refractivity contribution in [2.75, 3.05) is 4.90 Å². The minimum absolute atomic E-state index is 0.878. The van der Waals surface area contributed by atoms with E-state index in [1.807, 2.05) is 0 Å². The van der Waals surface area contributed by atoms with Gasteiger partial charge in [-0.3, -0.25) is 0 Å². The van der Waals surface area contributed by atoms with Gasteiger partial charge in [0.05, 0.1) is 5.69 Å². The molecule has 0 bridgehead atoms. The summed E-state index contributed by atoms with van der Waals surface area (Å²) in [5.74, 6) is 1.79. The van der Waals surface area contributed by atoms with Crippen LogP contribution in [0.15, 0.2) is 200 Å². The normalized spacial score (nSPS) is 11.6. The second kappa shape index (κ2) is 12.5. The van der Waals surface area contributed by atoms with E-state index in [4.69, 9.17) is 4.74 Å². The third-order valence-electron chi connectivity index (χ3n) is 10.2. The first-order valence-corrected chi connectivity index (χ1v) is 17.8. The molecule has 9 aromatic rings. The van der Waals surface area contributed by atoms with Crippen molar-refractivity contribution in [1.82, 2.24) is 0 Å². The molecule has 0 fully saturated rings. The van der Waals surface area contributed by atoms with Crippen molar-refractivity contribution in [3.05, 3.63) is 200 Å². The number of para-hydroxylation sites is 1. The lowest BCUT2D eigenvalue weighted by Crippen LogP contribution is -2.11. The quantitative estimate of drug-likeness (QED) is 0.176. The van der Waals surface area contributed by atoms with E-state index in [-0.39, 0.29) is 0 Å². The van der Waals surface area contributed by atoms with Crippen LogP contribution < -0.4 is 9.64 Å². The highest BCUT2D eigenvalue weighted by molar-refractivity contribution is 6.05. The number of anilines is 3. The molecular formula is C50H33NO. The van der Waals surface area contributed by atoms with Crippen LogP contribution in [0.3, 0.4) is 0 Å². The van der Waals surface area contributed by atoms with Crippen molar-refractivity contribution in [3.8, 4) is 56.0 Å². The van der Waals surface area contributed by atoms with Crippen molar-refractivity contribution in [1.29, 1.82) is 0 Å². The maximum absolute atomic E-state index is 6.48. The van der Waals surface area contributed by atoms with Crippen LogP contribution in [0.25, 0.3) is 66.1 Å².